The zero-order valence-electron chi connectivity index (χ0n) is 10.3. The molecule has 2 fully saturated rings. The van der Waals surface area contributed by atoms with Crippen LogP contribution in [0.4, 0.5) is 0 Å². The summed E-state index contributed by atoms with van der Waals surface area (Å²) < 4.78 is 0. The molecule has 4 unspecified atom stereocenters. The Morgan fingerprint density at radius 3 is 2.60 bits per heavy atom. The number of unbranched alkanes of at least 4 members (excludes halogenated alkanes) is 1. The molecule has 2 N–H and O–H groups in total. The van der Waals surface area contributed by atoms with E-state index in [2.05, 4.69) is 18.9 Å². The average Bonchev–Trinajstić information content (AvgIpc) is 2.79. The first-order valence-electron chi connectivity index (χ1n) is 6.66. The minimum Gasteiger partial charge on any atom is -0.327 e. The maximum atomic E-state index is 6.31. The van der Waals surface area contributed by atoms with Crippen molar-refractivity contribution in [1.29, 1.82) is 0 Å². The third kappa shape index (κ3) is 2.36. The van der Waals surface area contributed by atoms with Crippen LogP contribution in [0.1, 0.15) is 39.0 Å². The molecule has 2 nitrogen and oxygen atoms in total. The van der Waals surface area contributed by atoms with E-state index in [0.717, 1.165) is 17.8 Å². The second-order valence-electron chi connectivity index (χ2n) is 5.69. The van der Waals surface area contributed by atoms with Crippen LogP contribution in [0.25, 0.3) is 0 Å². The van der Waals surface area contributed by atoms with Gasteiger partial charge in [-0.1, -0.05) is 13.3 Å². The van der Waals surface area contributed by atoms with Gasteiger partial charge in [0.25, 0.3) is 0 Å². The van der Waals surface area contributed by atoms with Gasteiger partial charge < -0.3 is 10.6 Å². The summed E-state index contributed by atoms with van der Waals surface area (Å²) in [7, 11) is 2.26. The van der Waals surface area contributed by atoms with Gasteiger partial charge in [0.15, 0.2) is 0 Å². The average molecular weight is 210 g/mol. The Bertz CT molecular complexity index is 203. The van der Waals surface area contributed by atoms with Gasteiger partial charge in [0.1, 0.15) is 0 Å². The van der Waals surface area contributed by atoms with Gasteiger partial charge in [-0.2, -0.15) is 0 Å². The van der Waals surface area contributed by atoms with Crippen molar-refractivity contribution in [2.45, 2.75) is 45.1 Å². The molecule has 2 saturated carbocycles. The van der Waals surface area contributed by atoms with Crippen LogP contribution in [-0.4, -0.2) is 31.1 Å². The lowest BCUT2D eigenvalue weighted by atomic mass is 9.84. The molecular formula is C13H26N2. The highest BCUT2D eigenvalue weighted by Crippen LogP contribution is 2.47. The first kappa shape index (κ1) is 11.4. The maximum Gasteiger partial charge on any atom is 0.0111 e. The Kier molecular flexibility index (Phi) is 3.68. The zero-order valence-corrected chi connectivity index (χ0v) is 10.3. The molecule has 15 heavy (non-hydrogen) atoms. The van der Waals surface area contributed by atoms with Gasteiger partial charge in [-0.15, -0.1) is 0 Å². The van der Waals surface area contributed by atoms with Crippen molar-refractivity contribution in [2.75, 3.05) is 20.1 Å². The lowest BCUT2D eigenvalue weighted by Gasteiger charge is -2.31. The fourth-order valence-corrected chi connectivity index (χ4v) is 3.61. The van der Waals surface area contributed by atoms with Gasteiger partial charge in [0, 0.05) is 12.6 Å². The van der Waals surface area contributed by atoms with E-state index < -0.39 is 0 Å². The quantitative estimate of drug-likeness (QED) is 0.753. The normalized spacial score (nSPS) is 39.2. The highest BCUT2D eigenvalue weighted by atomic mass is 15.1. The summed E-state index contributed by atoms with van der Waals surface area (Å²) in [6, 6.07) is 0.507. The molecule has 2 rings (SSSR count). The molecule has 0 aromatic heterocycles. The van der Waals surface area contributed by atoms with Crippen molar-refractivity contribution in [1.82, 2.24) is 4.90 Å². The number of rotatable bonds is 5. The molecule has 2 aliphatic rings. The summed E-state index contributed by atoms with van der Waals surface area (Å²) in [5.41, 5.74) is 6.31. The minimum atomic E-state index is 0.507. The topological polar surface area (TPSA) is 29.3 Å². The van der Waals surface area contributed by atoms with E-state index in [9.17, 15) is 0 Å². The molecule has 2 aliphatic carbocycles. The van der Waals surface area contributed by atoms with Crippen molar-refractivity contribution in [3.8, 4) is 0 Å². The van der Waals surface area contributed by atoms with E-state index in [1.807, 2.05) is 0 Å². The molecule has 0 aromatic rings. The molecular weight excluding hydrogens is 184 g/mol. The van der Waals surface area contributed by atoms with E-state index in [1.165, 1.54) is 45.2 Å². The molecule has 4 atom stereocenters. The lowest BCUT2D eigenvalue weighted by Crippen LogP contribution is -2.42. The molecule has 0 aromatic carbocycles. The largest absolute Gasteiger partial charge is 0.327 e. The van der Waals surface area contributed by atoms with Crippen molar-refractivity contribution in [3.63, 3.8) is 0 Å². The van der Waals surface area contributed by atoms with Crippen molar-refractivity contribution < 1.29 is 0 Å². The van der Waals surface area contributed by atoms with Gasteiger partial charge in [-0.05, 0) is 57.0 Å². The van der Waals surface area contributed by atoms with E-state index in [-0.39, 0.29) is 0 Å². The van der Waals surface area contributed by atoms with E-state index in [0.29, 0.717) is 6.04 Å². The smallest absolute Gasteiger partial charge is 0.0111 e. The van der Waals surface area contributed by atoms with Crippen LogP contribution in [0.3, 0.4) is 0 Å². The second-order valence-corrected chi connectivity index (χ2v) is 5.69. The molecule has 0 saturated heterocycles. The number of nitrogens with zero attached hydrogens (tertiary/aromatic N) is 1. The van der Waals surface area contributed by atoms with Crippen LogP contribution >= 0.6 is 0 Å². The molecule has 2 heteroatoms. The highest BCUT2D eigenvalue weighted by molar-refractivity contribution is 4.99. The summed E-state index contributed by atoms with van der Waals surface area (Å²) in [6.45, 7) is 4.75. The maximum absolute atomic E-state index is 6.31. The van der Waals surface area contributed by atoms with Crippen molar-refractivity contribution in [3.05, 3.63) is 0 Å². The number of hydrogen-bond acceptors (Lipinski definition) is 2. The predicted molar refractivity (Wildman–Crippen MR) is 64.7 cm³/mol. The standard InChI is InChI=1S/C13H26N2/c1-3-4-7-15(2)9-12-10-5-6-11(8-10)13(12)14/h10-13H,3-9,14H2,1-2H3. The monoisotopic (exact) mass is 210 g/mol. The summed E-state index contributed by atoms with van der Waals surface area (Å²) in [5.74, 6) is 2.61. The van der Waals surface area contributed by atoms with Crippen molar-refractivity contribution in [2.24, 2.45) is 23.5 Å². The summed E-state index contributed by atoms with van der Waals surface area (Å²) in [4.78, 5) is 2.49. The van der Waals surface area contributed by atoms with E-state index in [4.69, 9.17) is 5.73 Å². The first-order chi connectivity index (χ1) is 7.22. The van der Waals surface area contributed by atoms with Gasteiger partial charge in [-0.25, -0.2) is 0 Å². The number of nitrogens with two attached hydrogens (primary N) is 1. The second kappa shape index (κ2) is 4.84. The van der Waals surface area contributed by atoms with Gasteiger partial charge in [-0.3, -0.25) is 0 Å². The number of fused-ring (bicyclic) bond motifs is 2. The van der Waals surface area contributed by atoms with Gasteiger partial charge in [0.05, 0.1) is 0 Å². The van der Waals surface area contributed by atoms with Crippen LogP contribution < -0.4 is 5.73 Å². The molecule has 0 aliphatic heterocycles. The minimum absolute atomic E-state index is 0.507. The van der Waals surface area contributed by atoms with Gasteiger partial charge in [0.2, 0.25) is 0 Å². The molecule has 88 valence electrons. The summed E-state index contributed by atoms with van der Waals surface area (Å²) in [5, 5.41) is 0. The Labute approximate surface area is 94.2 Å². The van der Waals surface area contributed by atoms with Crippen molar-refractivity contribution >= 4 is 0 Å². The predicted octanol–water partition coefficient (Wildman–Crippen LogP) is 2.09. The summed E-state index contributed by atoms with van der Waals surface area (Å²) in [6.07, 6.45) is 6.90. The SMILES string of the molecule is CCCCN(C)CC1C2CCC(C2)C1N. The molecule has 0 heterocycles. The highest BCUT2D eigenvalue weighted by Gasteiger charge is 2.45. The Balaban J connectivity index is 1.79. The van der Waals surface area contributed by atoms with E-state index in [1.54, 1.807) is 0 Å². The Hall–Kier alpha value is -0.0800. The molecule has 0 radical (unpaired) electrons. The molecule has 2 bridgehead atoms. The van der Waals surface area contributed by atoms with Gasteiger partial charge >= 0.3 is 0 Å². The first-order valence-corrected chi connectivity index (χ1v) is 6.66. The lowest BCUT2D eigenvalue weighted by molar-refractivity contribution is 0.197. The fraction of sp³-hybridized carbons (Fsp3) is 1.00. The summed E-state index contributed by atoms with van der Waals surface area (Å²) >= 11 is 0. The van der Waals surface area contributed by atoms with Crippen LogP contribution in [0.2, 0.25) is 0 Å². The Morgan fingerprint density at radius 2 is 2.00 bits per heavy atom. The zero-order chi connectivity index (χ0) is 10.8. The fourth-order valence-electron chi connectivity index (χ4n) is 3.61. The third-order valence-corrected chi connectivity index (χ3v) is 4.57. The van der Waals surface area contributed by atoms with Crippen LogP contribution in [0.5, 0.6) is 0 Å². The third-order valence-electron chi connectivity index (χ3n) is 4.57. The molecule has 0 spiro atoms. The molecule has 0 amide bonds. The Morgan fingerprint density at radius 1 is 1.27 bits per heavy atom. The van der Waals surface area contributed by atoms with Crippen LogP contribution in [0.15, 0.2) is 0 Å². The van der Waals surface area contributed by atoms with E-state index >= 15 is 0 Å². The van der Waals surface area contributed by atoms with Crippen LogP contribution in [0, 0.1) is 17.8 Å². The number of hydrogen-bond donors (Lipinski definition) is 1. The van der Waals surface area contributed by atoms with Crippen LogP contribution in [-0.2, 0) is 0 Å².